The van der Waals surface area contributed by atoms with Crippen LogP contribution in [0.1, 0.15) is 12.8 Å². The van der Waals surface area contributed by atoms with Crippen LogP contribution < -0.4 is 0 Å². The average Bonchev–Trinajstić information content (AvgIpc) is 2.16. The van der Waals surface area contributed by atoms with Crippen molar-refractivity contribution in [3.63, 3.8) is 0 Å². The van der Waals surface area contributed by atoms with E-state index in [-0.39, 0.29) is 12.5 Å². The van der Waals surface area contributed by atoms with Gasteiger partial charge in [-0.05, 0) is 19.4 Å². The van der Waals surface area contributed by atoms with Crippen LogP contribution in [-0.2, 0) is 0 Å². The Morgan fingerprint density at radius 3 is 2.73 bits per heavy atom. The molecular formula is C9H12BrF3N2. The van der Waals surface area contributed by atoms with Gasteiger partial charge in [-0.25, -0.2) is 0 Å². The average molecular weight is 285 g/mol. The first-order chi connectivity index (χ1) is 6.93. The molecule has 0 aromatic rings. The lowest BCUT2D eigenvalue weighted by molar-refractivity contribution is -0.131. The van der Waals surface area contributed by atoms with E-state index >= 15 is 0 Å². The number of piperidine rings is 1. The van der Waals surface area contributed by atoms with Crippen LogP contribution >= 0.6 is 15.9 Å². The van der Waals surface area contributed by atoms with Crippen LogP contribution in [0.5, 0.6) is 0 Å². The number of alkyl halides is 4. The highest BCUT2D eigenvalue weighted by Gasteiger charge is 2.39. The molecule has 0 radical (unpaired) electrons. The summed E-state index contributed by atoms with van der Waals surface area (Å²) in [6.07, 6.45) is -2.61. The molecule has 0 saturated carbocycles. The minimum absolute atomic E-state index is 0.0678. The van der Waals surface area contributed by atoms with Crippen LogP contribution in [0.25, 0.3) is 0 Å². The zero-order valence-electron chi connectivity index (χ0n) is 8.10. The molecule has 1 aliphatic heterocycles. The molecule has 0 aromatic carbocycles. The van der Waals surface area contributed by atoms with E-state index in [1.165, 1.54) is 0 Å². The van der Waals surface area contributed by atoms with Crippen molar-refractivity contribution in [1.29, 1.82) is 5.26 Å². The van der Waals surface area contributed by atoms with Crippen molar-refractivity contribution in [2.45, 2.75) is 23.8 Å². The third-order valence-electron chi connectivity index (χ3n) is 2.46. The number of likely N-dealkylation sites (tertiary alicyclic amines) is 1. The molecule has 2 atom stereocenters. The first-order valence-corrected chi connectivity index (χ1v) is 5.68. The van der Waals surface area contributed by atoms with Crippen LogP contribution in [-0.4, -0.2) is 35.5 Å². The van der Waals surface area contributed by atoms with Gasteiger partial charge in [-0.3, -0.25) is 0 Å². The summed E-state index contributed by atoms with van der Waals surface area (Å²) in [6.45, 7) is 1.03. The fourth-order valence-electron chi connectivity index (χ4n) is 1.66. The van der Waals surface area contributed by atoms with Gasteiger partial charge in [0.15, 0.2) is 0 Å². The van der Waals surface area contributed by atoms with E-state index in [9.17, 15) is 13.2 Å². The van der Waals surface area contributed by atoms with E-state index in [0.717, 1.165) is 12.8 Å². The maximum Gasteiger partial charge on any atom is 0.402 e. The molecule has 1 rings (SSSR count). The topological polar surface area (TPSA) is 27.0 Å². The lowest BCUT2D eigenvalue weighted by atomic mass is 10.00. The van der Waals surface area contributed by atoms with Crippen LogP contribution in [0.15, 0.2) is 0 Å². The Hall–Kier alpha value is -0.280. The maximum atomic E-state index is 12.2. The molecule has 0 aliphatic carbocycles. The fraction of sp³-hybridized carbons (Fsp3) is 0.889. The summed E-state index contributed by atoms with van der Waals surface area (Å²) in [5, 5.41) is 8.69. The zero-order chi connectivity index (χ0) is 11.5. The lowest BCUT2D eigenvalue weighted by Crippen LogP contribution is -2.42. The van der Waals surface area contributed by atoms with Gasteiger partial charge < -0.3 is 4.90 Å². The second kappa shape index (κ2) is 5.17. The van der Waals surface area contributed by atoms with E-state index in [1.54, 1.807) is 4.90 Å². The van der Waals surface area contributed by atoms with Crippen molar-refractivity contribution in [2.75, 3.05) is 19.6 Å². The summed E-state index contributed by atoms with van der Waals surface area (Å²) in [6, 6.07) is 2.11. The van der Waals surface area contributed by atoms with Crippen molar-refractivity contribution in [2.24, 2.45) is 5.92 Å². The molecule has 0 N–H and O–H groups in total. The Bertz CT molecular complexity index is 249. The van der Waals surface area contributed by atoms with Crippen molar-refractivity contribution in [3.05, 3.63) is 0 Å². The molecule has 0 spiro atoms. The van der Waals surface area contributed by atoms with Crippen LogP contribution in [0.2, 0.25) is 0 Å². The maximum absolute atomic E-state index is 12.2. The van der Waals surface area contributed by atoms with Gasteiger partial charge >= 0.3 is 6.18 Å². The van der Waals surface area contributed by atoms with Crippen LogP contribution in [0.4, 0.5) is 13.2 Å². The molecule has 2 unspecified atom stereocenters. The zero-order valence-corrected chi connectivity index (χ0v) is 9.68. The quantitative estimate of drug-likeness (QED) is 0.729. The number of hydrogen-bond donors (Lipinski definition) is 0. The first kappa shape index (κ1) is 12.8. The number of nitrogens with zero attached hydrogens (tertiary/aromatic N) is 2. The molecule has 2 nitrogen and oxygen atoms in total. The van der Waals surface area contributed by atoms with Gasteiger partial charge in [0.05, 0.1) is 12.0 Å². The van der Waals surface area contributed by atoms with Gasteiger partial charge in [-0.15, -0.1) is 0 Å². The highest BCUT2D eigenvalue weighted by Crippen LogP contribution is 2.28. The van der Waals surface area contributed by atoms with Gasteiger partial charge in [-0.2, -0.15) is 18.4 Å². The number of halogens is 4. The molecule has 1 fully saturated rings. The minimum Gasteiger partial charge on any atom is -0.301 e. The molecule has 0 aromatic heterocycles. The summed E-state index contributed by atoms with van der Waals surface area (Å²) < 4.78 is 36.7. The van der Waals surface area contributed by atoms with Gasteiger partial charge in [0, 0.05) is 13.1 Å². The summed E-state index contributed by atoms with van der Waals surface area (Å²) >= 11 is 2.63. The predicted octanol–water partition coefficient (Wildman–Crippen LogP) is 2.55. The second-order valence-electron chi connectivity index (χ2n) is 3.74. The predicted molar refractivity (Wildman–Crippen MR) is 53.5 cm³/mol. The van der Waals surface area contributed by atoms with Gasteiger partial charge in [0.1, 0.15) is 4.83 Å². The van der Waals surface area contributed by atoms with Crippen molar-refractivity contribution in [3.8, 4) is 6.07 Å². The summed E-state index contributed by atoms with van der Waals surface area (Å²) in [5.41, 5.74) is 0. The molecule has 1 heterocycles. The van der Waals surface area contributed by atoms with Crippen LogP contribution in [0.3, 0.4) is 0 Å². The third kappa shape index (κ3) is 3.99. The third-order valence-corrected chi connectivity index (χ3v) is 3.27. The Kier molecular flexibility index (Phi) is 4.41. The highest BCUT2D eigenvalue weighted by atomic mass is 79.9. The minimum atomic E-state index is -4.21. The molecule has 1 saturated heterocycles. The number of hydrogen-bond acceptors (Lipinski definition) is 2. The fourth-order valence-corrected chi connectivity index (χ4v) is 2.07. The number of nitriles is 1. The van der Waals surface area contributed by atoms with Gasteiger partial charge in [0.25, 0.3) is 0 Å². The highest BCUT2D eigenvalue weighted by molar-refractivity contribution is 9.09. The van der Waals surface area contributed by atoms with Gasteiger partial charge in [0.2, 0.25) is 0 Å². The van der Waals surface area contributed by atoms with E-state index in [4.69, 9.17) is 5.26 Å². The van der Waals surface area contributed by atoms with E-state index in [0.29, 0.717) is 13.1 Å². The molecule has 0 bridgehead atoms. The van der Waals surface area contributed by atoms with E-state index in [2.05, 4.69) is 22.0 Å². The van der Waals surface area contributed by atoms with Crippen molar-refractivity contribution in [1.82, 2.24) is 4.90 Å². The van der Waals surface area contributed by atoms with Crippen molar-refractivity contribution < 1.29 is 13.2 Å². The summed E-state index contributed by atoms with van der Waals surface area (Å²) in [5.74, 6) is -0.119. The van der Waals surface area contributed by atoms with Gasteiger partial charge in [-0.1, -0.05) is 15.9 Å². The standard InChI is InChI=1S/C9H12BrF3N2/c10-8(9(11,12)13)6-15-3-1-2-7(4-14)5-15/h7-8H,1-3,5-6H2. The van der Waals surface area contributed by atoms with E-state index in [1.807, 2.05) is 0 Å². The summed E-state index contributed by atoms with van der Waals surface area (Å²) in [4.78, 5) is 0.201. The Morgan fingerprint density at radius 2 is 2.20 bits per heavy atom. The Labute approximate surface area is 95.2 Å². The summed E-state index contributed by atoms with van der Waals surface area (Å²) in [7, 11) is 0. The van der Waals surface area contributed by atoms with Crippen LogP contribution in [0, 0.1) is 17.2 Å². The Morgan fingerprint density at radius 1 is 1.53 bits per heavy atom. The van der Waals surface area contributed by atoms with Crippen molar-refractivity contribution >= 4 is 15.9 Å². The largest absolute Gasteiger partial charge is 0.402 e. The lowest BCUT2D eigenvalue weighted by Gasteiger charge is -2.31. The molecule has 1 aliphatic rings. The second-order valence-corrected chi connectivity index (χ2v) is 4.84. The molecule has 0 amide bonds. The molecule has 15 heavy (non-hydrogen) atoms. The monoisotopic (exact) mass is 284 g/mol. The molecule has 6 heteroatoms. The van der Waals surface area contributed by atoms with E-state index < -0.39 is 11.0 Å². The normalized spacial score (nSPS) is 25.9. The number of rotatable bonds is 2. The first-order valence-electron chi connectivity index (χ1n) is 4.76. The smallest absolute Gasteiger partial charge is 0.301 e. The SMILES string of the molecule is N#CC1CCCN(CC(Br)C(F)(F)F)C1. The molecule has 86 valence electrons. The molecular weight excluding hydrogens is 273 g/mol. The Balaban J connectivity index is 2.42.